The number of piperidine rings is 1. The maximum absolute atomic E-state index is 12.0. The first-order valence-electron chi connectivity index (χ1n) is 7.94. The number of nitrogens with one attached hydrogen (secondary N) is 1. The van der Waals surface area contributed by atoms with Crippen LogP contribution in [0.25, 0.3) is 0 Å². The van der Waals surface area contributed by atoms with E-state index in [-0.39, 0.29) is 31.0 Å². The van der Waals surface area contributed by atoms with Crippen LogP contribution in [0.3, 0.4) is 0 Å². The Balaban J connectivity index is 1.85. The van der Waals surface area contributed by atoms with Crippen molar-refractivity contribution in [3.05, 3.63) is 35.9 Å². The number of aliphatic carboxylic acids is 1. The summed E-state index contributed by atoms with van der Waals surface area (Å²) in [5, 5.41) is 21.1. The van der Waals surface area contributed by atoms with Crippen LogP contribution in [0.5, 0.6) is 0 Å². The molecule has 0 atom stereocenters. The van der Waals surface area contributed by atoms with Gasteiger partial charge in [0.25, 0.3) is 0 Å². The van der Waals surface area contributed by atoms with Gasteiger partial charge < -0.3 is 20.4 Å². The van der Waals surface area contributed by atoms with Gasteiger partial charge in [-0.15, -0.1) is 0 Å². The molecule has 0 aliphatic carbocycles. The molecule has 0 bridgehead atoms. The molecule has 1 aromatic rings. The van der Waals surface area contributed by atoms with Crippen LogP contribution in [0, 0.1) is 5.41 Å². The second kappa shape index (κ2) is 7.97. The number of carboxylic acids is 1. The number of hydrogen-bond donors (Lipinski definition) is 3. The average Bonchev–Trinajstić information content (AvgIpc) is 2.56. The molecule has 0 unspecified atom stereocenters. The third kappa shape index (κ3) is 4.96. The molecule has 3 N–H and O–H groups in total. The van der Waals surface area contributed by atoms with Gasteiger partial charge in [0.2, 0.25) is 0 Å². The topological polar surface area (TPSA) is 89.9 Å². The molecule has 1 aliphatic rings. The molecular weight excluding hydrogens is 296 g/mol. The van der Waals surface area contributed by atoms with E-state index in [9.17, 15) is 14.7 Å². The van der Waals surface area contributed by atoms with Crippen LogP contribution >= 0.6 is 0 Å². The van der Waals surface area contributed by atoms with Crippen LogP contribution in [-0.2, 0) is 11.2 Å². The van der Waals surface area contributed by atoms with Crippen LogP contribution in [0.2, 0.25) is 0 Å². The Morgan fingerprint density at radius 3 is 2.39 bits per heavy atom. The number of carbonyl (C=O) groups is 2. The molecule has 0 saturated carbocycles. The minimum absolute atomic E-state index is 0.0752. The minimum Gasteiger partial charge on any atom is -0.481 e. The lowest BCUT2D eigenvalue weighted by molar-refractivity contribution is -0.136. The maximum Gasteiger partial charge on any atom is 0.317 e. The SMILES string of the molecule is O=C(O)CCNC(=O)N1CCC(CO)(Cc2ccccc2)CC1. The molecule has 1 aliphatic heterocycles. The monoisotopic (exact) mass is 320 g/mol. The van der Waals surface area contributed by atoms with E-state index in [0.29, 0.717) is 13.1 Å². The van der Waals surface area contributed by atoms with Gasteiger partial charge in [-0.05, 0) is 24.8 Å². The summed E-state index contributed by atoms with van der Waals surface area (Å²) in [6, 6.07) is 9.85. The standard InChI is InChI=1S/C17H24N2O4/c20-13-17(12-14-4-2-1-3-5-14)7-10-19(11-8-17)16(23)18-9-6-15(21)22/h1-5,20H,6-13H2,(H,18,23)(H,21,22). The second-order valence-corrected chi connectivity index (χ2v) is 6.18. The number of likely N-dealkylation sites (tertiary alicyclic amines) is 1. The molecule has 23 heavy (non-hydrogen) atoms. The Kier molecular flexibility index (Phi) is 5.98. The molecule has 0 spiro atoms. The number of hydrogen-bond acceptors (Lipinski definition) is 3. The van der Waals surface area contributed by atoms with Gasteiger partial charge in [0.05, 0.1) is 6.42 Å². The van der Waals surface area contributed by atoms with Crippen molar-refractivity contribution in [2.45, 2.75) is 25.7 Å². The number of carbonyl (C=O) groups excluding carboxylic acids is 1. The zero-order valence-electron chi connectivity index (χ0n) is 13.2. The van der Waals surface area contributed by atoms with Crippen molar-refractivity contribution in [1.29, 1.82) is 0 Å². The lowest BCUT2D eigenvalue weighted by Crippen LogP contribution is -2.49. The third-order valence-corrected chi connectivity index (χ3v) is 4.48. The molecule has 0 aromatic heterocycles. The third-order valence-electron chi connectivity index (χ3n) is 4.48. The predicted molar refractivity (Wildman–Crippen MR) is 86.1 cm³/mol. The summed E-state index contributed by atoms with van der Waals surface area (Å²) < 4.78 is 0. The Bertz CT molecular complexity index is 525. The molecular formula is C17H24N2O4. The summed E-state index contributed by atoms with van der Waals surface area (Å²) in [7, 11) is 0. The highest BCUT2D eigenvalue weighted by molar-refractivity contribution is 5.75. The van der Waals surface area contributed by atoms with E-state index >= 15 is 0 Å². The van der Waals surface area contributed by atoms with Crippen molar-refractivity contribution in [3.63, 3.8) is 0 Å². The van der Waals surface area contributed by atoms with E-state index in [4.69, 9.17) is 5.11 Å². The summed E-state index contributed by atoms with van der Waals surface area (Å²) in [6.45, 7) is 1.40. The number of aliphatic hydroxyl groups is 1. The fraction of sp³-hybridized carbons (Fsp3) is 0.529. The number of aliphatic hydroxyl groups excluding tert-OH is 1. The van der Waals surface area contributed by atoms with Gasteiger partial charge in [-0.2, -0.15) is 0 Å². The number of nitrogens with zero attached hydrogens (tertiary/aromatic N) is 1. The number of benzene rings is 1. The summed E-state index contributed by atoms with van der Waals surface area (Å²) in [4.78, 5) is 24.2. The number of carboxylic acid groups (broad SMARTS) is 1. The lowest BCUT2D eigenvalue weighted by Gasteiger charge is -2.40. The highest BCUT2D eigenvalue weighted by Crippen LogP contribution is 2.34. The lowest BCUT2D eigenvalue weighted by atomic mass is 9.74. The molecule has 1 fully saturated rings. The first kappa shape index (κ1) is 17.3. The molecule has 0 radical (unpaired) electrons. The van der Waals surface area contributed by atoms with Crippen molar-refractivity contribution in [1.82, 2.24) is 10.2 Å². The average molecular weight is 320 g/mol. The van der Waals surface area contributed by atoms with Gasteiger partial charge in [0.15, 0.2) is 0 Å². The Morgan fingerprint density at radius 2 is 1.83 bits per heavy atom. The van der Waals surface area contributed by atoms with Gasteiger partial charge in [0.1, 0.15) is 0 Å². The highest BCUT2D eigenvalue weighted by atomic mass is 16.4. The van der Waals surface area contributed by atoms with E-state index in [1.54, 1.807) is 4.90 Å². The number of amides is 2. The molecule has 1 heterocycles. The first-order valence-corrected chi connectivity index (χ1v) is 7.94. The molecule has 6 nitrogen and oxygen atoms in total. The Morgan fingerprint density at radius 1 is 1.17 bits per heavy atom. The van der Waals surface area contributed by atoms with E-state index < -0.39 is 5.97 Å². The normalized spacial score (nSPS) is 16.8. The Labute approximate surface area is 136 Å². The van der Waals surface area contributed by atoms with Gasteiger partial charge in [-0.3, -0.25) is 4.79 Å². The maximum atomic E-state index is 12.0. The van der Waals surface area contributed by atoms with Gasteiger partial charge in [0, 0.05) is 31.7 Å². The second-order valence-electron chi connectivity index (χ2n) is 6.18. The fourth-order valence-electron chi connectivity index (χ4n) is 2.99. The van der Waals surface area contributed by atoms with Crippen LogP contribution < -0.4 is 5.32 Å². The van der Waals surface area contributed by atoms with Gasteiger partial charge in [-0.1, -0.05) is 30.3 Å². The van der Waals surface area contributed by atoms with Gasteiger partial charge >= 0.3 is 12.0 Å². The van der Waals surface area contributed by atoms with Crippen molar-refractivity contribution in [2.75, 3.05) is 26.2 Å². The highest BCUT2D eigenvalue weighted by Gasteiger charge is 2.35. The van der Waals surface area contributed by atoms with Crippen LogP contribution in [0.15, 0.2) is 30.3 Å². The molecule has 2 rings (SSSR count). The summed E-state index contributed by atoms with van der Waals surface area (Å²) in [5.41, 5.74) is 1.01. The molecule has 126 valence electrons. The van der Waals surface area contributed by atoms with Gasteiger partial charge in [-0.25, -0.2) is 4.79 Å². The fourth-order valence-corrected chi connectivity index (χ4v) is 2.99. The van der Waals surface area contributed by atoms with Crippen LogP contribution in [0.1, 0.15) is 24.8 Å². The first-order chi connectivity index (χ1) is 11.0. The van der Waals surface area contributed by atoms with Crippen LogP contribution in [0.4, 0.5) is 4.79 Å². The van der Waals surface area contributed by atoms with E-state index in [2.05, 4.69) is 17.4 Å². The smallest absolute Gasteiger partial charge is 0.317 e. The van der Waals surface area contributed by atoms with Crippen molar-refractivity contribution >= 4 is 12.0 Å². The van der Waals surface area contributed by atoms with Crippen LogP contribution in [-0.4, -0.2) is 53.4 Å². The summed E-state index contributed by atoms with van der Waals surface area (Å²) in [6.07, 6.45) is 2.21. The molecule has 6 heteroatoms. The van der Waals surface area contributed by atoms with E-state index in [0.717, 1.165) is 19.3 Å². The van der Waals surface area contributed by atoms with Crippen molar-refractivity contribution in [2.24, 2.45) is 5.41 Å². The van der Waals surface area contributed by atoms with Crippen molar-refractivity contribution < 1.29 is 19.8 Å². The predicted octanol–water partition coefficient (Wildman–Crippen LogP) is 1.49. The van der Waals surface area contributed by atoms with Crippen molar-refractivity contribution in [3.8, 4) is 0 Å². The largest absolute Gasteiger partial charge is 0.481 e. The summed E-state index contributed by atoms with van der Waals surface area (Å²) in [5.74, 6) is -0.925. The zero-order valence-corrected chi connectivity index (χ0v) is 13.2. The molecule has 2 amide bonds. The molecule has 1 saturated heterocycles. The van der Waals surface area contributed by atoms with E-state index in [1.807, 2.05) is 18.2 Å². The Hall–Kier alpha value is -2.08. The zero-order chi connectivity index (χ0) is 16.7. The van der Waals surface area contributed by atoms with E-state index in [1.165, 1.54) is 5.56 Å². The number of urea groups is 1. The summed E-state index contributed by atoms with van der Waals surface area (Å²) >= 11 is 0. The minimum atomic E-state index is -0.925. The number of rotatable bonds is 6. The quantitative estimate of drug-likeness (QED) is 0.741. The molecule has 1 aromatic carbocycles.